The van der Waals surface area contributed by atoms with Crippen molar-refractivity contribution in [3.8, 4) is 0 Å². The summed E-state index contributed by atoms with van der Waals surface area (Å²) in [7, 11) is 0. The topological polar surface area (TPSA) is 18.5 Å². The zero-order valence-electron chi connectivity index (χ0n) is 12.8. The highest BCUT2D eigenvalue weighted by molar-refractivity contribution is 5.00. The fourth-order valence-corrected chi connectivity index (χ4v) is 4.80. The number of hydrogen-bond acceptors (Lipinski definition) is 3. The van der Waals surface area contributed by atoms with Gasteiger partial charge in [-0.15, -0.1) is 0 Å². The summed E-state index contributed by atoms with van der Waals surface area (Å²) in [4.78, 5) is 5.56. The Labute approximate surface area is 118 Å². The monoisotopic (exact) mass is 265 g/mol. The van der Waals surface area contributed by atoms with Gasteiger partial charge in [0.1, 0.15) is 0 Å². The first-order chi connectivity index (χ1) is 9.33. The second-order valence-corrected chi connectivity index (χ2v) is 6.83. The number of fused-ring (bicyclic) bond motifs is 1. The third-order valence-electron chi connectivity index (χ3n) is 5.74. The van der Waals surface area contributed by atoms with Crippen molar-refractivity contribution in [2.24, 2.45) is 11.8 Å². The van der Waals surface area contributed by atoms with E-state index in [0.717, 1.165) is 23.9 Å². The van der Waals surface area contributed by atoms with E-state index in [0.29, 0.717) is 0 Å². The van der Waals surface area contributed by atoms with Gasteiger partial charge in [-0.05, 0) is 70.2 Å². The van der Waals surface area contributed by atoms with E-state index in [1.165, 1.54) is 65.0 Å². The maximum Gasteiger partial charge on any atom is 0.0140 e. The van der Waals surface area contributed by atoms with Gasteiger partial charge in [-0.25, -0.2) is 0 Å². The molecule has 0 radical (unpaired) electrons. The van der Waals surface area contributed by atoms with Gasteiger partial charge in [-0.2, -0.15) is 0 Å². The van der Waals surface area contributed by atoms with Crippen LogP contribution in [0, 0.1) is 11.8 Å². The number of nitrogens with one attached hydrogen (secondary N) is 1. The van der Waals surface area contributed by atoms with E-state index in [9.17, 15) is 0 Å². The molecule has 0 aromatic carbocycles. The fraction of sp³-hybridized carbons (Fsp3) is 1.00. The van der Waals surface area contributed by atoms with Gasteiger partial charge in [0.25, 0.3) is 0 Å². The van der Waals surface area contributed by atoms with E-state index in [-0.39, 0.29) is 0 Å². The Morgan fingerprint density at radius 2 is 1.89 bits per heavy atom. The molecule has 3 fully saturated rings. The first-order valence-corrected chi connectivity index (χ1v) is 8.52. The molecule has 3 nitrogen and oxygen atoms in total. The average molecular weight is 265 g/mol. The minimum atomic E-state index is 0.864. The molecule has 0 amide bonds. The van der Waals surface area contributed by atoms with Crippen LogP contribution in [-0.2, 0) is 0 Å². The molecule has 3 unspecified atom stereocenters. The van der Waals surface area contributed by atoms with Gasteiger partial charge in [0.2, 0.25) is 0 Å². The van der Waals surface area contributed by atoms with E-state index in [4.69, 9.17) is 0 Å². The lowest BCUT2D eigenvalue weighted by Gasteiger charge is -2.40. The first kappa shape index (κ1) is 13.8. The maximum absolute atomic E-state index is 3.60. The number of rotatable bonds is 4. The lowest BCUT2D eigenvalue weighted by Crippen LogP contribution is -2.48. The average Bonchev–Trinajstić information content (AvgIpc) is 3.00. The number of likely N-dealkylation sites (tertiary alicyclic amines) is 2. The molecule has 3 atom stereocenters. The summed E-state index contributed by atoms with van der Waals surface area (Å²) in [6.45, 7) is 12.6. The van der Waals surface area contributed by atoms with Crippen LogP contribution in [0.4, 0.5) is 0 Å². The van der Waals surface area contributed by atoms with Crippen molar-refractivity contribution < 1.29 is 0 Å². The minimum Gasteiger partial charge on any atom is -0.316 e. The lowest BCUT2D eigenvalue weighted by atomic mass is 9.92. The van der Waals surface area contributed by atoms with Crippen molar-refractivity contribution in [3.05, 3.63) is 0 Å². The van der Waals surface area contributed by atoms with Crippen LogP contribution in [0.5, 0.6) is 0 Å². The molecule has 110 valence electrons. The van der Waals surface area contributed by atoms with E-state index < -0.39 is 0 Å². The van der Waals surface area contributed by atoms with Gasteiger partial charge in [0.15, 0.2) is 0 Å². The van der Waals surface area contributed by atoms with Gasteiger partial charge >= 0.3 is 0 Å². The van der Waals surface area contributed by atoms with E-state index >= 15 is 0 Å². The molecular weight excluding hydrogens is 234 g/mol. The van der Waals surface area contributed by atoms with Crippen LogP contribution in [0.1, 0.15) is 39.5 Å². The largest absolute Gasteiger partial charge is 0.316 e. The zero-order chi connectivity index (χ0) is 13.2. The summed E-state index contributed by atoms with van der Waals surface area (Å²) in [6, 6.07) is 1.74. The molecule has 3 heteroatoms. The molecule has 0 aromatic heterocycles. The van der Waals surface area contributed by atoms with Crippen LogP contribution >= 0.6 is 0 Å². The molecule has 3 aliphatic heterocycles. The van der Waals surface area contributed by atoms with Crippen LogP contribution < -0.4 is 5.32 Å². The van der Waals surface area contributed by atoms with Crippen molar-refractivity contribution in [1.82, 2.24) is 15.1 Å². The predicted molar refractivity (Wildman–Crippen MR) is 80.4 cm³/mol. The lowest BCUT2D eigenvalue weighted by molar-refractivity contribution is 0.0872. The third-order valence-corrected chi connectivity index (χ3v) is 5.74. The molecule has 0 aliphatic carbocycles. The molecular formula is C16H31N3. The van der Waals surface area contributed by atoms with Crippen LogP contribution in [-0.4, -0.2) is 61.2 Å². The van der Waals surface area contributed by atoms with Crippen LogP contribution in [0.15, 0.2) is 0 Å². The van der Waals surface area contributed by atoms with Gasteiger partial charge in [0.05, 0.1) is 0 Å². The van der Waals surface area contributed by atoms with E-state index in [2.05, 4.69) is 29.0 Å². The molecule has 0 bridgehead atoms. The highest BCUT2D eigenvalue weighted by atomic mass is 15.3. The molecule has 3 saturated heterocycles. The van der Waals surface area contributed by atoms with Gasteiger partial charge < -0.3 is 10.2 Å². The van der Waals surface area contributed by atoms with Crippen molar-refractivity contribution in [1.29, 1.82) is 0 Å². The Morgan fingerprint density at radius 3 is 2.58 bits per heavy atom. The second-order valence-electron chi connectivity index (χ2n) is 6.83. The van der Waals surface area contributed by atoms with Crippen molar-refractivity contribution >= 4 is 0 Å². The number of nitrogens with zero attached hydrogens (tertiary/aromatic N) is 2. The summed E-state index contributed by atoms with van der Waals surface area (Å²) >= 11 is 0. The van der Waals surface area contributed by atoms with Crippen molar-refractivity contribution in [3.63, 3.8) is 0 Å². The molecule has 19 heavy (non-hydrogen) atoms. The molecule has 3 aliphatic rings. The Bertz CT molecular complexity index is 286. The number of piperidine rings is 1. The van der Waals surface area contributed by atoms with Crippen LogP contribution in [0.2, 0.25) is 0 Å². The highest BCUT2D eigenvalue weighted by Gasteiger charge is 2.45. The first-order valence-electron chi connectivity index (χ1n) is 8.52. The Balaban J connectivity index is 1.57. The third kappa shape index (κ3) is 2.70. The summed E-state index contributed by atoms with van der Waals surface area (Å²) in [5, 5.41) is 3.60. The standard InChI is InChI=1S/C16H31N3/c1-3-7-18-8-5-14(6-9-18)19-12-13-10-17-11-15(13)16(19)4-2/h13-17H,3-12H2,1-2H3. The van der Waals surface area contributed by atoms with Crippen LogP contribution in [0.25, 0.3) is 0 Å². The smallest absolute Gasteiger partial charge is 0.0140 e. The summed E-state index contributed by atoms with van der Waals surface area (Å²) in [6.07, 6.45) is 5.46. The fourth-order valence-electron chi connectivity index (χ4n) is 4.80. The molecule has 1 N–H and O–H groups in total. The quantitative estimate of drug-likeness (QED) is 0.836. The molecule has 0 spiro atoms. The zero-order valence-corrected chi connectivity index (χ0v) is 12.8. The molecule has 0 saturated carbocycles. The summed E-state index contributed by atoms with van der Waals surface area (Å²) in [5.41, 5.74) is 0. The van der Waals surface area contributed by atoms with Crippen molar-refractivity contribution in [2.45, 2.75) is 51.6 Å². The maximum atomic E-state index is 3.60. The SMILES string of the molecule is CCCN1CCC(N2CC3CNCC3C2CC)CC1. The Morgan fingerprint density at radius 1 is 1.11 bits per heavy atom. The van der Waals surface area contributed by atoms with E-state index in [1.54, 1.807) is 0 Å². The van der Waals surface area contributed by atoms with Gasteiger partial charge in [-0.3, -0.25) is 4.90 Å². The molecule has 0 aromatic rings. The number of hydrogen-bond donors (Lipinski definition) is 1. The summed E-state index contributed by atoms with van der Waals surface area (Å²) in [5.74, 6) is 1.89. The van der Waals surface area contributed by atoms with Gasteiger partial charge in [-0.1, -0.05) is 13.8 Å². The van der Waals surface area contributed by atoms with Crippen molar-refractivity contribution in [2.75, 3.05) is 39.3 Å². The van der Waals surface area contributed by atoms with Gasteiger partial charge in [0, 0.05) is 18.6 Å². The Hall–Kier alpha value is -0.120. The minimum absolute atomic E-state index is 0.864. The highest BCUT2D eigenvalue weighted by Crippen LogP contribution is 2.37. The predicted octanol–water partition coefficient (Wildman–Crippen LogP) is 1.79. The van der Waals surface area contributed by atoms with Crippen LogP contribution in [0.3, 0.4) is 0 Å². The molecule has 3 heterocycles. The summed E-state index contributed by atoms with van der Waals surface area (Å²) < 4.78 is 0. The second kappa shape index (κ2) is 6.11. The normalized spacial score (nSPS) is 37.9. The molecule has 3 rings (SSSR count). The van der Waals surface area contributed by atoms with E-state index in [1.807, 2.05) is 0 Å². The Kier molecular flexibility index (Phi) is 4.45.